The molecule has 0 bridgehead atoms. The summed E-state index contributed by atoms with van der Waals surface area (Å²) >= 11 is 0. The SMILES string of the molecule is N#Cc1ccc(Oc2ccnc(N)c2)cc1F. The lowest BCUT2D eigenvalue weighted by Crippen LogP contribution is -1.91. The summed E-state index contributed by atoms with van der Waals surface area (Å²) in [5.74, 6) is 0.456. The third kappa shape index (κ3) is 2.49. The van der Waals surface area contributed by atoms with Crippen molar-refractivity contribution in [3.05, 3.63) is 47.9 Å². The highest BCUT2D eigenvalue weighted by Crippen LogP contribution is 2.23. The first-order valence-electron chi connectivity index (χ1n) is 4.78. The summed E-state index contributed by atoms with van der Waals surface area (Å²) in [6.07, 6.45) is 1.49. The quantitative estimate of drug-likeness (QED) is 0.858. The van der Waals surface area contributed by atoms with E-state index in [0.29, 0.717) is 17.3 Å². The van der Waals surface area contributed by atoms with Gasteiger partial charge in [0, 0.05) is 18.3 Å². The minimum Gasteiger partial charge on any atom is -0.457 e. The van der Waals surface area contributed by atoms with E-state index in [9.17, 15) is 4.39 Å². The Morgan fingerprint density at radius 3 is 2.65 bits per heavy atom. The van der Waals surface area contributed by atoms with Gasteiger partial charge in [0.2, 0.25) is 0 Å². The molecule has 0 aliphatic rings. The number of halogens is 1. The fraction of sp³-hybridized carbons (Fsp3) is 0. The maximum atomic E-state index is 13.3. The summed E-state index contributed by atoms with van der Waals surface area (Å²) in [7, 11) is 0. The Bertz CT molecular complexity index is 593. The fourth-order valence-electron chi connectivity index (χ4n) is 1.28. The predicted octanol–water partition coefficient (Wildman–Crippen LogP) is 2.47. The van der Waals surface area contributed by atoms with E-state index in [-0.39, 0.29) is 5.56 Å². The molecule has 2 aromatic rings. The van der Waals surface area contributed by atoms with E-state index in [1.165, 1.54) is 24.4 Å². The molecule has 4 nitrogen and oxygen atoms in total. The van der Waals surface area contributed by atoms with Crippen molar-refractivity contribution in [1.82, 2.24) is 4.98 Å². The Morgan fingerprint density at radius 2 is 2.00 bits per heavy atom. The molecule has 2 rings (SSSR count). The van der Waals surface area contributed by atoms with Gasteiger partial charge in [-0.05, 0) is 18.2 Å². The number of aromatic nitrogens is 1. The Balaban J connectivity index is 2.25. The lowest BCUT2D eigenvalue weighted by atomic mass is 10.2. The standard InChI is InChI=1S/C12H8FN3O/c13-11-5-9(2-1-8(11)7-14)17-10-3-4-16-12(15)6-10/h1-6H,(H2,15,16). The zero-order valence-corrected chi connectivity index (χ0v) is 8.72. The van der Waals surface area contributed by atoms with Gasteiger partial charge in [-0.2, -0.15) is 5.26 Å². The van der Waals surface area contributed by atoms with Crippen LogP contribution in [0.3, 0.4) is 0 Å². The van der Waals surface area contributed by atoms with E-state index in [1.807, 2.05) is 0 Å². The lowest BCUT2D eigenvalue weighted by Gasteiger charge is -2.06. The smallest absolute Gasteiger partial charge is 0.144 e. The Hall–Kier alpha value is -2.61. The fourth-order valence-corrected chi connectivity index (χ4v) is 1.28. The molecule has 0 saturated carbocycles. The largest absolute Gasteiger partial charge is 0.457 e. The second kappa shape index (κ2) is 4.49. The molecule has 1 aromatic carbocycles. The Labute approximate surface area is 97.1 Å². The normalized spacial score (nSPS) is 9.65. The third-order valence-electron chi connectivity index (χ3n) is 2.05. The molecule has 0 spiro atoms. The second-order valence-corrected chi connectivity index (χ2v) is 3.27. The number of pyridine rings is 1. The Kier molecular flexibility index (Phi) is 2.88. The number of hydrogen-bond acceptors (Lipinski definition) is 4. The van der Waals surface area contributed by atoms with Crippen molar-refractivity contribution in [3.63, 3.8) is 0 Å². The number of benzene rings is 1. The number of nitrogen functional groups attached to an aromatic ring is 1. The number of hydrogen-bond donors (Lipinski definition) is 1. The lowest BCUT2D eigenvalue weighted by molar-refractivity contribution is 0.476. The van der Waals surface area contributed by atoms with Crippen LogP contribution in [-0.4, -0.2) is 4.98 Å². The average Bonchev–Trinajstić information content (AvgIpc) is 2.29. The van der Waals surface area contributed by atoms with Gasteiger partial charge in [-0.3, -0.25) is 0 Å². The van der Waals surface area contributed by atoms with Gasteiger partial charge >= 0.3 is 0 Å². The van der Waals surface area contributed by atoms with Crippen LogP contribution in [0.25, 0.3) is 0 Å². The molecular formula is C12H8FN3O. The second-order valence-electron chi connectivity index (χ2n) is 3.27. The van der Waals surface area contributed by atoms with E-state index in [2.05, 4.69) is 4.98 Å². The first kappa shape index (κ1) is 10.9. The topological polar surface area (TPSA) is 71.9 Å². The molecule has 1 heterocycles. The zero-order chi connectivity index (χ0) is 12.3. The molecule has 0 fully saturated rings. The van der Waals surface area contributed by atoms with Crippen molar-refractivity contribution in [2.45, 2.75) is 0 Å². The number of anilines is 1. The number of rotatable bonds is 2. The molecule has 0 aliphatic heterocycles. The molecule has 0 aliphatic carbocycles. The maximum absolute atomic E-state index is 13.3. The Morgan fingerprint density at radius 1 is 1.24 bits per heavy atom. The van der Waals surface area contributed by atoms with E-state index >= 15 is 0 Å². The van der Waals surface area contributed by atoms with Crippen LogP contribution >= 0.6 is 0 Å². The zero-order valence-electron chi connectivity index (χ0n) is 8.72. The summed E-state index contributed by atoms with van der Waals surface area (Å²) in [6.45, 7) is 0. The van der Waals surface area contributed by atoms with Crippen LogP contribution < -0.4 is 10.5 Å². The first-order chi connectivity index (χ1) is 8.19. The van der Waals surface area contributed by atoms with Crippen molar-refractivity contribution in [2.75, 3.05) is 5.73 Å². The van der Waals surface area contributed by atoms with Gasteiger partial charge in [0.15, 0.2) is 0 Å². The van der Waals surface area contributed by atoms with Crippen molar-refractivity contribution in [3.8, 4) is 17.6 Å². The molecule has 0 radical (unpaired) electrons. The summed E-state index contributed by atoms with van der Waals surface area (Å²) in [5, 5.41) is 8.58. The third-order valence-corrected chi connectivity index (χ3v) is 2.05. The van der Waals surface area contributed by atoms with Crippen molar-refractivity contribution in [1.29, 1.82) is 5.26 Å². The summed E-state index contributed by atoms with van der Waals surface area (Å²) in [5.41, 5.74) is 5.46. The summed E-state index contributed by atoms with van der Waals surface area (Å²) in [6, 6.07) is 8.88. The molecular weight excluding hydrogens is 221 g/mol. The molecule has 2 N–H and O–H groups in total. The van der Waals surface area contributed by atoms with E-state index in [1.54, 1.807) is 12.1 Å². The molecule has 0 amide bonds. The van der Waals surface area contributed by atoms with Gasteiger partial charge in [-0.15, -0.1) is 0 Å². The van der Waals surface area contributed by atoms with Crippen LogP contribution in [0.2, 0.25) is 0 Å². The van der Waals surface area contributed by atoms with Gasteiger partial charge in [0.1, 0.15) is 29.2 Å². The van der Waals surface area contributed by atoms with E-state index in [4.69, 9.17) is 15.7 Å². The molecule has 0 atom stereocenters. The minimum absolute atomic E-state index is 0.0217. The molecule has 5 heteroatoms. The van der Waals surface area contributed by atoms with Crippen molar-refractivity contribution >= 4 is 5.82 Å². The monoisotopic (exact) mass is 229 g/mol. The van der Waals surface area contributed by atoms with E-state index in [0.717, 1.165) is 6.07 Å². The van der Waals surface area contributed by atoms with Crippen LogP contribution in [0.5, 0.6) is 11.5 Å². The highest BCUT2D eigenvalue weighted by Gasteiger charge is 2.04. The number of nitrogens with two attached hydrogens (primary N) is 1. The van der Waals surface area contributed by atoms with Gasteiger partial charge in [0.25, 0.3) is 0 Å². The van der Waals surface area contributed by atoms with Crippen molar-refractivity contribution < 1.29 is 9.13 Å². The van der Waals surface area contributed by atoms with Crippen LogP contribution in [0, 0.1) is 17.1 Å². The van der Waals surface area contributed by atoms with Gasteiger partial charge < -0.3 is 10.5 Å². The summed E-state index contributed by atoms with van der Waals surface area (Å²) < 4.78 is 18.7. The van der Waals surface area contributed by atoms with E-state index < -0.39 is 5.82 Å². The van der Waals surface area contributed by atoms with Crippen molar-refractivity contribution in [2.24, 2.45) is 0 Å². The highest BCUT2D eigenvalue weighted by atomic mass is 19.1. The van der Waals surface area contributed by atoms with Gasteiger partial charge in [0.05, 0.1) is 5.56 Å². The molecule has 17 heavy (non-hydrogen) atoms. The first-order valence-corrected chi connectivity index (χ1v) is 4.78. The number of nitriles is 1. The van der Waals surface area contributed by atoms with Gasteiger partial charge in [-0.25, -0.2) is 9.37 Å². The summed E-state index contributed by atoms with van der Waals surface area (Å²) in [4.78, 5) is 3.81. The molecule has 0 saturated heterocycles. The predicted molar refractivity (Wildman–Crippen MR) is 59.8 cm³/mol. The maximum Gasteiger partial charge on any atom is 0.144 e. The molecule has 0 unspecified atom stereocenters. The average molecular weight is 229 g/mol. The number of nitrogens with zero attached hydrogens (tertiary/aromatic N) is 2. The van der Waals surface area contributed by atoms with Crippen LogP contribution in [0.15, 0.2) is 36.5 Å². The van der Waals surface area contributed by atoms with Crippen LogP contribution in [-0.2, 0) is 0 Å². The number of ether oxygens (including phenoxy) is 1. The van der Waals surface area contributed by atoms with Crippen LogP contribution in [0.4, 0.5) is 10.2 Å². The highest BCUT2D eigenvalue weighted by molar-refractivity contribution is 5.41. The minimum atomic E-state index is -0.618. The van der Waals surface area contributed by atoms with Crippen LogP contribution in [0.1, 0.15) is 5.56 Å². The molecule has 84 valence electrons. The molecule has 1 aromatic heterocycles. The van der Waals surface area contributed by atoms with Gasteiger partial charge in [-0.1, -0.05) is 0 Å².